The van der Waals surface area contributed by atoms with Crippen molar-refractivity contribution >= 4 is 29.4 Å². The van der Waals surface area contributed by atoms with Crippen LogP contribution in [0, 0.1) is 11.8 Å². The van der Waals surface area contributed by atoms with Gasteiger partial charge in [-0.05, 0) is 37.3 Å². The quantitative estimate of drug-likeness (QED) is 0.398. The van der Waals surface area contributed by atoms with Gasteiger partial charge in [0.05, 0.1) is 12.0 Å². The van der Waals surface area contributed by atoms with E-state index < -0.39 is 12.0 Å². The van der Waals surface area contributed by atoms with Crippen LogP contribution < -0.4 is 10.6 Å². The lowest BCUT2D eigenvalue weighted by Crippen LogP contribution is -2.49. The average Bonchev–Trinajstić information content (AvgIpc) is 3.42. The first-order valence-corrected chi connectivity index (χ1v) is 12.3. The van der Waals surface area contributed by atoms with Gasteiger partial charge in [0.15, 0.2) is 0 Å². The summed E-state index contributed by atoms with van der Waals surface area (Å²) in [5.41, 5.74) is 0.558. The second kappa shape index (κ2) is 11.4. The smallest absolute Gasteiger partial charge is 0.286 e. The number of amides is 2. The maximum atomic E-state index is 13.2. The van der Waals surface area contributed by atoms with Gasteiger partial charge in [0, 0.05) is 16.9 Å². The third-order valence-electron chi connectivity index (χ3n) is 5.50. The number of hydrogen-bond acceptors (Lipinski definition) is 7. The molecule has 0 spiro atoms. The molecule has 8 nitrogen and oxygen atoms in total. The molecular formula is C24H32N4O4S. The van der Waals surface area contributed by atoms with E-state index in [1.807, 2.05) is 33.8 Å². The molecule has 0 radical (unpaired) electrons. The van der Waals surface area contributed by atoms with Crippen molar-refractivity contribution < 1.29 is 18.8 Å². The Bertz CT molecular complexity index is 960. The summed E-state index contributed by atoms with van der Waals surface area (Å²) >= 11 is 1.38. The second-order valence-corrected chi connectivity index (χ2v) is 10.6. The Morgan fingerprint density at radius 2 is 1.82 bits per heavy atom. The molecule has 3 atom stereocenters. The first-order valence-electron chi connectivity index (χ1n) is 11.4. The van der Waals surface area contributed by atoms with Gasteiger partial charge in [-0.2, -0.15) is 0 Å². The van der Waals surface area contributed by atoms with Crippen molar-refractivity contribution in [1.82, 2.24) is 20.8 Å². The van der Waals surface area contributed by atoms with Gasteiger partial charge in [0.25, 0.3) is 17.0 Å². The Morgan fingerprint density at radius 1 is 1.09 bits per heavy atom. The Kier molecular flexibility index (Phi) is 8.66. The summed E-state index contributed by atoms with van der Waals surface area (Å²) in [6, 6.07) is 7.91. The van der Waals surface area contributed by atoms with Crippen LogP contribution in [0.3, 0.4) is 0 Å². The van der Waals surface area contributed by atoms with Gasteiger partial charge in [-0.3, -0.25) is 14.4 Å². The molecule has 9 heteroatoms. The first kappa shape index (κ1) is 25.0. The monoisotopic (exact) mass is 472 g/mol. The maximum absolute atomic E-state index is 13.2. The normalized spacial score (nSPS) is 19.0. The molecule has 3 rings (SSSR count). The highest BCUT2D eigenvalue weighted by Gasteiger charge is 2.37. The molecule has 2 aromatic rings. The van der Waals surface area contributed by atoms with Crippen LogP contribution >= 0.6 is 11.8 Å². The molecule has 1 fully saturated rings. The van der Waals surface area contributed by atoms with Crippen molar-refractivity contribution in [3.63, 3.8) is 0 Å². The number of rotatable bonds is 10. The van der Waals surface area contributed by atoms with E-state index >= 15 is 0 Å². The van der Waals surface area contributed by atoms with Crippen molar-refractivity contribution in [3.05, 3.63) is 41.8 Å². The third-order valence-corrected chi connectivity index (χ3v) is 6.34. The first-order chi connectivity index (χ1) is 15.7. The number of ketones is 1. The molecule has 1 heterocycles. The highest BCUT2D eigenvalue weighted by Crippen LogP contribution is 2.27. The van der Waals surface area contributed by atoms with Crippen LogP contribution in [0.1, 0.15) is 74.4 Å². The standard InChI is InChI=1S/C24H32N4O4S/c1-14(2)13-19(20(29)23-27-28-24(32-23)33-15(3)4)26-22(31)17-11-8-12-18(17)25-21(30)16-9-6-5-7-10-16/h5-7,9-10,14-15,17-19H,8,11-13H2,1-4H3,(H,25,30)(H,26,31)/t17-,18+,19+/m1/s1. The van der Waals surface area contributed by atoms with Crippen LogP contribution in [-0.2, 0) is 4.79 Å². The minimum Gasteiger partial charge on any atom is -0.408 e. The zero-order chi connectivity index (χ0) is 24.0. The largest absolute Gasteiger partial charge is 0.408 e. The molecule has 0 bridgehead atoms. The van der Waals surface area contributed by atoms with E-state index in [-0.39, 0.29) is 40.7 Å². The summed E-state index contributed by atoms with van der Waals surface area (Å²) in [5.74, 6) is -1.14. The zero-order valence-corrected chi connectivity index (χ0v) is 20.4. The second-order valence-electron chi connectivity index (χ2n) is 9.08. The van der Waals surface area contributed by atoms with Crippen LogP contribution in [0.5, 0.6) is 0 Å². The van der Waals surface area contributed by atoms with Gasteiger partial charge in [-0.25, -0.2) is 0 Å². The fourth-order valence-electron chi connectivity index (χ4n) is 3.98. The zero-order valence-electron chi connectivity index (χ0n) is 19.5. The lowest BCUT2D eigenvalue weighted by Gasteiger charge is -2.24. The van der Waals surface area contributed by atoms with Crippen molar-refractivity contribution in [2.45, 2.75) is 75.9 Å². The maximum Gasteiger partial charge on any atom is 0.286 e. The van der Waals surface area contributed by atoms with E-state index in [0.717, 1.165) is 12.8 Å². The number of hydrogen-bond donors (Lipinski definition) is 2. The average molecular weight is 473 g/mol. The van der Waals surface area contributed by atoms with Gasteiger partial charge < -0.3 is 15.1 Å². The molecule has 0 unspecified atom stereocenters. The highest BCUT2D eigenvalue weighted by atomic mass is 32.2. The molecule has 1 aliphatic rings. The Hall–Kier alpha value is -2.68. The van der Waals surface area contributed by atoms with Crippen LogP contribution in [0.25, 0.3) is 0 Å². The number of benzene rings is 1. The SMILES string of the molecule is CC(C)C[C@H](NC(=O)[C@@H]1CCC[C@@H]1NC(=O)c1ccccc1)C(=O)c1nnc(SC(C)C)o1. The molecule has 1 aromatic heterocycles. The van der Waals surface area contributed by atoms with Gasteiger partial charge in [-0.15, -0.1) is 10.2 Å². The van der Waals surface area contributed by atoms with Crippen molar-refractivity contribution in [1.29, 1.82) is 0 Å². The fourth-order valence-corrected chi connectivity index (χ4v) is 4.60. The fraction of sp³-hybridized carbons (Fsp3) is 0.542. The molecular weight excluding hydrogens is 440 g/mol. The van der Waals surface area contributed by atoms with E-state index in [4.69, 9.17) is 4.42 Å². The molecule has 178 valence electrons. The Morgan fingerprint density at radius 3 is 2.48 bits per heavy atom. The number of nitrogens with one attached hydrogen (secondary N) is 2. The van der Waals surface area contributed by atoms with Crippen molar-refractivity contribution in [3.8, 4) is 0 Å². The molecule has 0 aliphatic heterocycles. The summed E-state index contributed by atoms with van der Waals surface area (Å²) in [4.78, 5) is 38.8. The van der Waals surface area contributed by atoms with E-state index in [1.54, 1.807) is 24.3 Å². The molecule has 1 aromatic carbocycles. The van der Waals surface area contributed by atoms with Crippen molar-refractivity contribution in [2.75, 3.05) is 0 Å². The van der Waals surface area contributed by atoms with Gasteiger partial charge >= 0.3 is 0 Å². The molecule has 1 aliphatic carbocycles. The molecule has 2 N–H and O–H groups in total. The minimum atomic E-state index is -0.763. The predicted octanol–water partition coefficient (Wildman–Crippen LogP) is 3.88. The number of nitrogens with zero attached hydrogens (tertiary/aromatic N) is 2. The molecule has 1 saturated carbocycles. The topological polar surface area (TPSA) is 114 Å². The summed E-state index contributed by atoms with van der Waals surface area (Å²) in [5, 5.41) is 14.3. The lowest BCUT2D eigenvalue weighted by atomic mass is 9.97. The Balaban J connectivity index is 1.67. The van der Waals surface area contributed by atoms with Crippen LogP contribution in [0.4, 0.5) is 0 Å². The van der Waals surface area contributed by atoms with Crippen LogP contribution in [0.15, 0.2) is 40.0 Å². The summed E-state index contributed by atoms with van der Waals surface area (Å²) in [7, 11) is 0. The highest BCUT2D eigenvalue weighted by molar-refractivity contribution is 7.99. The van der Waals surface area contributed by atoms with E-state index in [0.29, 0.717) is 23.6 Å². The third kappa shape index (κ3) is 6.90. The molecule has 0 saturated heterocycles. The van der Waals surface area contributed by atoms with Gasteiger partial charge in [0.1, 0.15) is 0 Å². The number of aromatic nitrogens is 2. The van der Waals surface area contributed by atoms with Gasteiger partial charge in [-0.1, -0.05) is 64.1 Å². The summed E-state index contributed by atoms with van der Waals surface area (Å²) in [6.45, 7) is 7.96. The molecule has 2 amide bonds. The lowest BCUT2D eigenvalue weighted by molar-refractivity contribution is -0.125. The number of carbonyl (C=O) groups excluding carboxylic acids is 3. The molecule has 33 heavy (non-hydrogen) atoms. The van der Waals surface area contributed by atoms with E-state index in [1.165, 1.54) is 11.8 Å². The summed E-state index contributed by atoms with van der Waals surface area (Å²) in [6.07, 6.45) is 2.66. The predicted molar refractivity (Wildman–Crippen MR) is 126 cm³/mol. The van der Waals surface area contributed by atoms with Crippen LogP contribution in [0.2, 0.25) is 0 Å². The Labute approximate surface area is 198 Å². The number of Topliss-reactive ketones (excluding diaryl/α,β-unsaturated/α-hetero) is 1. The summed E-state index contributed by atoms with van der Waals surface area (Å²) < 4.78 is 5.53. The van der Waals surface area contributed by atoms with Crippen LogP contribution in [-0.4, -0.2) is 45.1 Å². The minimum absolute atomic E-state index is 0.0931. The van der Waals surface area contributed by atoms with Crippen molar-refractivity contribution in [2.24, 2.45) is 11.8 Å². The van der Waals surface area contributed by atoms with E-state index in [9.17, 15) is 14.4 Å². The van der Waals surface area contributed by atoms with E-state index in [2.05, 4.69) is 20.8 Å². The van der Waals surface area contributed by atoms with Gasteiger partial charge in [0.2, 0.25) is 11.7 Å². The number of carbonyl (C=O) groups is 3. The number of thioether (sulfide) groups is 1.